The van der Waals surface area contributed by atoms with E-state index in [0.29, 0.717) is 5.92 Å². The van der Waals surface area contributed by atoms with Crippen LogP contribution in [0.3, 0.4) is 0 Å². The van der Waals surface area contributed by atoms with Gasteiger partial charge in [-0.15, -0.1) is 0 Å². The highest BCUT2D eigenvalue weighted by Gasteiger charge is 2.16. The summed E-state index contributed by atoms with van der Waals surface area (Å²) in [6.45, 7) is 3.19. The van der Waals surface area contributed by atoms with E-state index in [-0.39, 0.29) is 10.8 Å². The van der Waals surface area contributed by atoms with Crippen LogP contribution in [0.4, 0.5) is 10.1 Å². The molecule has 1 aliphatic heterocycles. The Morgan fingerprint density at radius 2 is 2.35 bits per heavy atom. The molecule has 4 heteroatoms. The van der Waals surface area contributed by atoms with E-state index in [1.54, 1.807) is 6.07 Å². The van der Waals surface area contributed by atoms with Crippen molar-refractivity contribution in [2.45, 2.75) is 12.8 Å². The van der Waals surface area contributed by atoms with Gasteiger partial charge in [0.25, 0.3) is 0 Å². The molecule has 1 fully saturated rings. The monoisotopic (exact) mass is 256 g/mol. The van der Waals surface area contributed by atoms with Crippen molar-refractivity contribution in [1.29, 1.82) is 0 Å². The molecule has 1 N–H and O–H groups in total. The number of rotatable bonds is 3. The molecule has 1 aromatic carbocycles. The first-order valence-corrected chi connectivity index (χ1v) is 6.40. The molecule has 0 bridgehead atoms. The first-order chi connectivity index (χ1) is 8.15. The third-order valence-electron chi connectivity index (χ3n) is 3.24. The van der Waals surface area contributed by atoms with Gasteiger partial charge in [0.05, 0.1) is 5.02 Å². The van der Waals surface area contributed by atoms with Crippen LogP contribution in [0, 0.1) is 11.7 Å². The van der Waals surface area contributed by atoms with Gasteiger partial charge in [0.2, 0.25) is 0 Å². The zero-order valence-corrected chi connectivity index (χ0v) is 10.8. The fourth-order valence-electron chi connectivity index (χ4n) is 2.31. The fraction of sp³-hybridized carbons (Fsp3) is 0.538. The van der Waals surface area contributed by atoms with E-state index < -0.39 is 0 Å². The Bertz CT molecular complexity index is 384. The zero-order chi connectivity index (χ0) is 12.3. The quantitative estimate of drug-likeness (QED) is 0.893. The van der Waals surface area contributed by atoms with Crippen LogP contribution in [-0.2, 0) is 0 Å². The highest BCUT2D eigenvalue weighted by molar-refractivity contribution is 6.30. The molecule has 0 aliphatic carbocycles. The lowest BCUT2D eigenvalue weighted by atomic mass is 9.98. The highest BCUT2D eigenvalue weighted by Crippen LogP contribution is 2.20. The second-order valence-corrected chi connectivity index (χ2v) is 5.19. The van der Waals surface area contributed by atoms with Crippen LogP contribution in [0.5, 0.6) is 0 Å². The largest absolute Gasteiger partial charge is 0.385 e. The van der Waals surface area contributed by atoms with Crippen LogP contribution in [0.2, 0.25) is 5.02 Å². The minimum atomic E-state index is -0.363. The van der Waals surface area contributed by atoms with Gasteiger partial charge in [-0.3, -0.25) is 0 Å². The van der Waals surface area contributed by atoms with E-state index in [0.717, 1.165) is 18.8 Å². The normalized spacial score (nSPS) is 21.5. The summed E-state index contributed by atoms with van der Waals surface area (Å²) in [5.41, 5.74) is 0.806. The van der Waals surface area contributed by atoms with Crippen molar-refractivity contribution < 1.29 is 4.39 Å². The Balaban J connectivity index is 1.86. The van der Waals surface area contributed by atoms with Gasteiger partial charge >= 0.3 is 0 Å². The molecule has 1 unspecified atom stereocenters. The summed E-state index contributed by atoms with van der Waals surface area (Å²) in [6, 6.07) is 4.86. The second kappa shape index (κ2) is 5.69. The maximum absolute atomic E-state index is 13.2. The van der Waals surface area contributed by atoms with Crippen LogP contribution in [0.15, 0.2) is 18.2 Å². The van der Waals surface area contributed by atoms with Gasteiger partial charge in [0.1, 0.15) is 5.82 Å². The fourth-order valence-corrected chi connectivity index (χ4v) is 2.43. The maximum atomic E-state index is 13.2. The summed E-state index contributed by atoms with van der Waals surface area (Å²) >= 11 is 5.64. The summed E-state index contributed by atoms with van der Waals surface area (Å²) in [7, 11) is 2.15. The predicted molar refractivity (Wildman–Crippen MR) is 70.1 cm³/mol. The summed E-state index contributed by atoms with van der Waals surface area (Å²) in [5, 5.41) is 3.45. The van der Waals surface area contributed by atoms with Crippen molar-refractivity contribution in [2.75, 3.05) is 32.0 Å². The van der Waals surface area contributed by atoms with Crippen LogP contribution >= 0.6 is 11.6 Å². The zero-order valence-electron chi connectivity index (χ0n) is 10.0. The topological polar surface area (TPSA) is 15.3 Å². The molecule has 0 radical (unpaired) electrons. The van der Waals surface area contributed by atoms with Gasteiger partial charge in [0, 0.05) is 18.8 Å². The van der Waals surface area contributed by atoms with E-state index in [1.807, 2.05) is 6.07 Å². The minimum Gasteiger partial charge on any atom is -0.385 e. The van der Waals surface area contributed by atoms with Crippen molar-refractivity contribution >= 4 is 17.3 Å². The van der Waals surface area contributed by atoms with Crippen molar-refractivity contribution in [1.82, 2.24) is 4.90 Å². The van der Waals surface area contributed by atoms with Crippen LogP contribution in [0.25, 0.3) is 0 Å². The van der Waals surface area contributed by atoms with Crippen molar-refractivity contribution in [2.24, 2.45) is 5.92 Å². The average Bonchev–Trinajstić information content (AvgIpc) is 2.31. The van der Waals surface area contributed by atoms with Gasteiger partial charge in [-0.05, 0) is 50.6 Å². The van der Waals surface area contributed by atoms with Gasteiger partial charge in [0.15, 0.2) is 0 Å². The number of hydrogen-bond donors (Lipinski definition) is 1. The number of anilines is 1. The number of benzene rings is 1. The van der Waals surface area contributed by atoms with E-state index in [4.69, 9.17) is 11.6 Å². The van der Waals surface area contributed by atoms with E-state index >= 15 is 0 Å². The third kappa shape index (κ3) is 3.58. The van der Waals surface area contributed by atoms with Crippen LogP contribution < -0.4 is 5.32 Å². The SMILES string of the molecule is CN1CCCC(CNc2ccc(Cl)c(F)c2)C1. The highest BCUT2D eigenvalue weighted by atomic mass is 35.5. The minimum absolute atomic E-state index is 0.174. The number of piperidine rings is 1. The van der Waals surface area contributed by atoms with Gasteiger partial charge < -0.3 is 10.2 Å². The van der Waals surface area contributed by atoms with Gasteiger partial charge in [-0.1, -0.05) is 11.6 Å². The molecule has 0 aromatic heterocycles. The number of nitrogens with one attached hydrogen (secondary N) is 1. The molecule has 1 atom stereocenters. The molecule has 1 heterocycles. The lowest BCUT2D eigenvalue weighted by molar-refractivity contribution is 0.217. The number of halogens is 2. The third-order valence-corrected chi connectivity index (χ3v) is 3.54. The lowest BCUT2D eigenvalue weighted by Gasteiger charge is -2.29. The smallest absolute Gasteiger partial charge is 0.143 e. The Morgan fingerprint density at radius 1 is 1.53 bits per heavy atom. The van der Waals surface area contributed by atoms with E-state index in [9.17, 15) is 4.39 Å². The first kappa shape index (κ1) is 12.7. The molecule has 1 aromatic rings. The Kier molecular flexibility index (Phi) is 4.24. The molecule has 0 spiro atoms. The Morgan fingerprint density at radius 3 is 3.06 bits per heavy atom. The van der Waals surface area contributed by atoms with Gasteiger partial charge in [-0.2, -0.15) is 0 Å². The molecule has 2 nitrogen and oxygen atoms in total. The molecule has 17 heavy (non-hydrogen) atoms. The first-order valence-electron chi connectivity index (χ1n) is 6.02. The summed E-state index contributed by atoms with van der Waals surface area (Å²) in [5.74, 6) is 0.282. The van der Waals surface area contributed by atoms with E-state index in [2.05, 4.69) is 17.3 Å². The number of hydrogen-bond acceptors (Lipinski definition) is 2. The van der Waals surface area contributed by atoms with Crippen molar-refractivity contribution in [3.63, 3.8) is 0 Å². The molecule has 0 amide bonds. The molecule has 2 rings (SSSR count). The molecular weight excluding hydrogens is 239 g/mol. The van der Waals surface area contributed by atoms with Gasteiger partial charge in [-0.25, -0.2) is 4.39 Å². The number of likely N-dealkylation sites (tertiary alicyclic amines) is 1. The predicted octanol–water partition coefficient (Wildman–Crippen LogP) is 3.23. The van der Waals surface area contributed by atoms with Crippen molar-refractivity contribution in [3.05, 3.63) is 29.0 Å². The molecule has 1 aliphatic rings. The molecular formula is C13H18ClFN2. The summed E-state index contributed by atoms with van der Waals surface area (Å²) in [6.07, 6.45) is 2.49. The standard InChI is InChI=1S/C13H18ClFN2/c1-17-6-2-3-10(9-17)8-16-11-4-5-12(14)13(15)7-11/h4-5,7,10,16H,2-3,6,8-9H2,1H3. The molecule has 1 saturated heterocycles. The van der Waals surface area contributed by atoms with Crippen molar-refractivity contribution in [3.8, 4) is 0 Å². The lowest BCUT2D eigenvalue weighted by Crippen LogP contribution is -2.35. The average molecular weight is 257 g/mol. The Hall–Kier alpha value is -0.800. The van der Waals surface area contributed by atoms with Crippen LogP contribution in [0.1, 0.15) is 12.8 Å². The second-order valence-electron chi connectivity index (χ2n) is 4.78. The summed E-state index contributed by atoms with van der Waals surface area (Å²) in [4.78, 5) is 2.35. The number of nitrogens with zero attached hydrogens (tertiary/aromatic N) is 1. The summed E-state index contributed by atoms with van der Waals surface area (Å²) < 4.78 is 13.2. The van der Waals surface area contributed by atoms with Crippen LogP contribution in [-0.4, -0.2) is 31.6 Å². The maximum Gasteiger partial charge on any atom is 0.143 e. The Labute approximate surface area is 107 Å². The van der Waals surface area contributed by atoms with E-state index in [1.165, 1.54) is 25.5 Å². The molecule has 94 valence electrons. The molecule has 0 saturated carbocycles.